The number of nitrogens with two attached hydrogens (primary N) is 1. The minimum Gasteiger partial charge on any atom is -0.363 e. The lowest BCUT2D eigenvalue weighted by Crippen LogP contribution is -2.27. The van der Waals surface area contributed by atoms with E-state index in [1.54, 1.807) is 11.9 Å². The normalized spacial score (nSPS) is 17.1. The van der Waals surface area contributed by atoms with Crippen LogP contribution < -0.4 is 10.6 Å². The number of aryl methyl sites for hydroxylation is 1. The Hall–Kier alpha value is -2.90. The lowest BCUT2D eigenvalue weighted by atomic mass is 10.0. The second kappa shape index (κ2) is 9.08. The maximum absolute atomic E-state index is 12.7. The molecule has 1 aromatic carbocycles. The zero-order chi connectivity index (χ0) is 22.0. The largest absolute Gasteiger partial charge is 0.363 e. The van der Waals surface area contributed by atoms with Gasteiger partial charge >= 0.3 is 0 Å². The van der Waals surface area contributed by atoms with Gasteiger partial charge in [-0.25, -0.2) is 4.98 Å². The molecule has 8 nitrogen and oxygen atoms in total. The Balaban J connectivity index is 1.50. The van der Waals surface area contributed by atoms with Crippen LogP contribution in [0.4, 0.5) is 5.69 Å². The number of rotatable bonds is 8. The van der Waals surface area contributed by atoms with Crippen molar-refractivity contribution in [3.05, 3.63) is 24.0 Å². The quantitative estimate of drug-likeness (QED) is 0.702. The number of benzene rings is 1. The zero-order valence-electron chi connectivity index (χ0n) is 18.2. The van der Waals surface area contributed by atoms with E-state index in [-0.39, 0.29) is 17.6 Å². The van der Waals surface area contributed by atoms with Gasteiger partial charge in [0.25, 0.3) is 5.91 Å². The third kappa shape index (κ3) is 4.57. The molecule has 1 aliphatic carbocycles. The summed E-state index contributed by atoms with van der Waals surface area (Å²) < 4.78 is 1.82. The van der Waals surface area contributed by atoms with Gasteiger partial charge in [-0.1, -0.05) is 12.8 Å². The molecule has 166 valence electrons. The number of carbonyl (C=O) groups is 3. The Morgan fingerprint density at radius 3 is 2.65 bits per heavy atom. The van der Waals surface area contributed by atoms with Crippen molar-refractivity contribution in [2.45, 2.75) is 57.9 Å². The number of carbonyl (C=O) groups excluding carboxylic acids is 3. The number of hydrogen-bond donors (Lipinski definition) is 1. The summed E-state index contributed by atoms with van der Waals surface area (Å²) >= 11 is 0. The Morgan fingerprint density at radius 1 is 1.19 bits per heavy atom. The molecule has 0 unspecified atom stereocenters. The van der Waals surface area contributed by atoms with Crippen LogP contribution in [0.1, 0.15) is 62.0 Å². The van der Waals surface area contributed by atoms with Gasteiger partial charge in [-0.05, 0) is 49.8 Å². The molecule has 0 bridgehead atoms. The van der Waals surface area contributed by atoms with Crippen LogP contribution in [-0.2, 0) is 16.1 Å². The number of likely N-dealkylation sites (tertiary alicyclic amines) is 1. The monoisotopic (exact) mass is 425 g/mol. The summed E-state index contributed by atoms with van der Waals surface area (Å²) in [7, 11) is 1.79. The standard InChI is InChI=1S/C23H31N5O3/c1-26(21(30)14-16-6-2-3-7-16)17-9-10-19-18(15-17)25-23(22(24)31)28(19)13-5-12-27-11-4-8-20(27)29/h9-10,15-16H,2-8,11-14H2,1H3,(H2,24,31). The summed E-state index contributed by atoms with van der Waals surface area (Å²) in [6.07, 6.45) is 7.52. The van der Waals surface area contributed by atoms with Gasteiger partial charge in [-0.2, -0.15) is 0 Å². The predicted octanol–water partition coefficient (Wildman–Crippen LogP) is 2.69. The third-order valence-corrected chi connectivity index (χ3v) is 6.63. The SMILES string of the molecule is CN(C(=O)CC1CCCC1)c1ccc2c(c1)nc(C(N)=O)n2CCCN1CCCC1=O. The van der Waals surface area contributed by atoms with E-state index in [1.165, 1.54) is 12.8 Å². The fourth-order valence-electron chi connectivity index (χ4n) is 4.84. The molecule has 2 heterocycles. The van der Waals surface area contributed by atoms with Crippen molar-refractivity contribution in [1.82, 2.24) is 14.5 Å². The first-order valence-electron chi connectivity index (χ1n) is 11.3. The van der Waals surface area contributed by atoms with Crippen LogP contribution in [0.2, 0.25) is 0 Å². The fourth-order valence-corrected chi connectivity index (χ4v) is 4.84. The second-order valence-corrected chi connectivity index (χ2v) is 8.77. The number of aromatic nitrogens is 2. The van der Waals surface area contributed by atoms with Crippen molar-refractivity contribution in [2.75, 3.05) is 25.0 Å². The molecule has 0 radical (unpaired) electrons. The molecule has 1 aromatic heterocycles. The van der Waals surface area contributed by atoms with E-state index in [2.05, 4.69) is 4.98 Å². The van der Waals surface area contributed by atoms with Crippen LogP contribution in [-0.4, -0.2) is 52.3 Å². The first kappa shape index (κ1) is 21.3. The molecule has 2 aliphatic rings. The van der Waals surface area contributed by atoms with Crippen molar-refractivity contribution in [2.24, 2.45) is 11.7 Å². The Kier molecular flexibility index (Phi) is 6.25. The van der Waals surface area contributed by atoms with Crippen molar-refractivity contribution >= 4 is 34.4 Å². The van der Waals surface area contributed by atoms with Gasteiger partial charge in [0.15, 0.2) is 5.82 Å². The number of anilines is 1. The molecule has 1 saturated carbocycles. The number of imidazole rings is 1. The highest BCUT2D eigenvalue weighted by Gasteiger charge is 2.23. The molecule has 0 spiro atoms. The fraction of sp³-hybridized carbons (Fsp3) is 0.565. The Morgan fingerprint density at radius 2 is 1.97 bits per heavy atom. The van der Waals surface area contributed by atoms with Gasteiger partial charge in [-0.15, -0.1) is 0 Å². The van der Waals surface area contributed by atoms with Gasteiger partial charge in [-0.3, -0.25) is 14.4 Å². The van der Waals surface area contributed by atoms with Gasteiger partial charge in [0.2, 0.25) is 11.8 Å². The first-order valence-corrected chi connectivity index (χ1v) is 11.3. The van der Waals surface area contributed by atoms with Gasteiger partial charge < -0.3 is 20.1 Å². The highest BCUT2D eigenvalue weighted by molar-refractivity contribution is 5.97. The molecule has 3 amide bonds. The summed E-state index contributed by atoms with van der Waals surface area (Å²) in [5.74, 6) is 0.416. The van der Waals surface area contributed by atoms with Crippen LogP contribution in [0.5, 0.6) is 0 Å². The van der Waals surface area contributed by atoms with Crippen molar-refractivity contribution < 1.29 is 14.4 Å². The predicted molar refractivity (Wildman–Crippen MR) is 119 cm³/mol. The van der Waals surface area contributed by atoms with E-state index in [4.69, 9.17) is 5.73 Å². The number of fused-ring (bicyclic) bond motifs is 1. The zero-order valence-corrected chi connectivity index (χ0v) is 18.2. The molecule has 4 rings (SSSR count). The van der Waals surface area contributed by atoms with E-state index in [9.17, 15) is 14.4 Å². The van der Waals surface area contributed by atoms with Crippen molar-refractivity contribution in [3.8, 4) is 0 Å². The van der Waals surface area contributed by atoms with Gasteiger partial charge in [0.1, 0.15) is 0 Å². The van der Waals surface area contributed by atoms with Gasteiger partial charge in [0.05, 0.1) is 11.0 Å². The van der Waals surface area contributed by atoms with Crippen molar-refractivity contribution in [1.29, 1.82) is 0 Å². The minimum absolute atomic E-state index is 0.107. The third-order valence-electron chi connectivity index (χ3n) is 6.63. The summed E-state index contributed by atoms with van der Waals surface area (Å²) in [5.41, 5.74) is 7.79. The maximum Gasteiger partial charge on any atom is 0.284 e. The lowest BCUT2D eigenvalue weighted by Gasteiger charge is -2.19. The summed E-state index contributed by atoms with van der Waals surface area (Å²) in [6.45, 7) is 2.01. The van der Waals surface area contributed by atoms with Crippen LogP contribution in [0.25, 0.3) is 11.0 Å². The van der Waals surface area contributed by atoms with E-state index >= 15 is 0 Å². The molecular weight excluding hydrogens is 394 g/mol. The molecule has 31 heavy (non-hydrogen) atoms. The highest BCUT2D eigenvalue weighted by Crippen LogP contribution is 2.29. The average molecular weight is 426 g/mol. The maximum atomic E-state index is 12.7. The van der Waals surface area contributed by atoms with E-state index in [1.807, 2.05) is 27.7 Å². The van der Waals surface area contributed by atoms with Crippen LogP contribution in [0.3, 0.4) is 0 Å². The van der Waals surface area contributed by atoms with E-state index < -0.39 is 5.91 Å². The van der Waals surface area contributed by atoms with Crippen molar-refractivity contribution in [3.63, 3.8) is 0 Å². The summed E-state index contributed by atoms with van der Waals surface area (Å²) in [4.78, 5) is 44.5. The molecule has 2 aromatic rings. The molecule has 2 N–H and O–H groups in total. The van der Waals surface area contributed by atoms with Crippen LogP contribution in [0.15, 0.2) is 18.2 Å². The number of nitrogens with zero attached hydrogens (tertiary/aromatic N) is 4. The van der Waals surface area contributed by atoms with Crippen LogP contribution >= 0.6 is 0 Å². The Bertz CT molecular complexity index is 993. The molecule has 0 atom stereocenters. The average Bonchev–Trinajstić information content (AvgIpc) is 3.48. The topological polar surface area (TPSA) is 102 Å². The highest BCUT2D eigenvalue weighted by atomic mass is 16.2. The van der Waals surface area contributed by atoms with Gasteiger partial charge in [0, 0.05) is 45.2 Å². The summed E-state index contributed by atoms with van der Waals surface area (Å²) in [6, 6.07) is 5.63. The molecular formula is C23H31N5O3. The molecule has 1 saturated heterocycles. The Labute approximate surface area is 182 Å². The number of hydrogen-bond acceptors (Lipinski definition) is 4. The van der Waals surface area contributed by atoms with Crippen LogP contribution in [0, 0.1) is 5.92 Å². The molecule has 2 fully saturated rings. The first-order chi connectivity index (χ1) is 14.9. The lowest BCUT2D eigenvalue weighted by molar-refractivity contribution is -0.127. The number of primary amides is 1. The smallest absolute Gasteiger partial charge is 0.284 e. The molecule has 8 heteroatoms. The second-order valence-electron chi connectivity index (χ2n) is 8.77. The minimum atomic E-state index is -0.583. The number of amides is 3. The van der Waals surface area contributed by atoms with E-state index in [0.29, 0.717) is 37.4 Å². The van der Waals surface area contributed by atoms with E-state index in [0.717, 1.165) is 43.4 Å². The molecule has 1 aliphatic heterocycles. The summed E-state index contributed by atoms with van der Waals surface area (Å²) in [5, 5.41) is 0.